The van der Waals surface area contributed by atoms with Crippen LogP contribution in [0.3, 0.4) is 0 Å². The van der Waals surface area contributed by atoms with Gasteiger partial charge < -0.3 is 20.0 Å². The number of ether oxygens (including phenoxy) is 1. The number of amides is 1. The molecular formula is C20H17N5O5S. The topological polar surface area (TPSA) is 146 Å². The lowest BCUT2D eigenvalue weighted by Gasteiger charge is -2.10. The molecular weight excluding hydrogens is 422 g/mol. The zero-order valence-corrected chi connectivity index (χ0v) is 17.0. The van der Waals surface area contributed by atoms with Crippen LogP contribution in [0.4, 0.5) is 11.5 Å². The van der Waals surface area contributed by atoms with E-state index in [1.54, 1.807) is 12.1 Å². The first-order valence-corrected chi connectivity index (χ1v) is 10.5. The predicted molar refractivity (Wildman–Crippen MR) is 115 cm³/mol. The molecule has 0 aliphatic heterocycles. The summed E-state index contributed by atoms with van der Waals surface area (Å²) in [4.78, 5) is 32.9. The second kappa shape index (κ2) is 7.95. The lowest BCUT2D eigenvalue weighted by atomic mass is 10.2. The van der Waals surface area contributed by atoms with Crippen molar-refractivity contribution in [1.29, 1.82) is 0 Å². The smallest absolute Gasteiger partial charge is 0.323 e. The van der Waals surface area contributed by atoms with Gasteiger partial charge in [0.1, 0.15) is 0 Å². The third-order valence-electron chi connectivity index (χ3n) is 4.42. The monoisotopic (exact) mass is 439 g/mol. The van der Waals surface area contributed by atoms with Crippen LogP contribution in [0.1, 0.15) is 10.4 Å². The van der Waals surface area contributed by atoms with Gasteiger partial charge in [0, 0.05) is 17.4 Å². The van der Waals surface area contributed by atoms with Gasteiger partial charge in [0.25, 0.3) is 15.9 Å². The summed E-state index contributed by atoms with van der Waals surface area (Å²) in [6.07, 6.45) is 1.52. The third-order valence-corrected chi connectivity index (χ3v) is 5.80. The number of carbonyl (C=O) groups excluding carboxylic acids is 1. The summed E-state index contributed by atoms with van der Waals surface area (Å²) in [5.41, 5.74) is 1.04. The first-order valence-electron chi connectivity index (χ1n) is 9.01. The molecule has 0 saturated heterocycles. The summed E-state index contributed by atoms with van der Waals surface area (Å²) in [5.74, 6) is 0.271. The normalized spacial score (nSPS) is 11.3. The van der Waals surface area contributed by atoms with Crippen molar-refractivity contribution in [3.8, 4) is 5.75 Å². The Balaban J connectivity index is 1.50. The molecule has 4 aromatic rings. The summed E-state index contributed by atoms with van der Waals surface area (Å²) < 4.78 is 32.9. The van der Waals surface area contributed by atoms with Crippen molar-refractivity contribution in [2.45, 2.75) is 4.90 Å². The minimum Gasteiger partial charge on any atom is -0.493 e. The molecule has 0 unspecified atom stereocenters. The van der Waals surface area contributed by atoms with Crippen molar-refractivity contribution >= 4 is 38.5 Å². The molecule has 10 nitrogen and oxygen atoms in total. The standard InChI is InChI=1S/C20H17N5O5S/c1-30-17-3-2-10-21-18(17)24-19(26)12-4-6-13(7-5-12)25-31(28,29)14-8-9-15-16(11-14)23-20(27)22-15/h2-11,25H,1H3,(H,21,24,26)(H2,22,23,27). The number of imidazole rings is 1. The van der Waals surface area contributed by atoms with E-state index >= 15 is 0 Å². The first kappa shape index (κ1) is 20.2. The van der Waals surface area contributed by atoms with Gasteiger partial charge in [-0.2, -0.15) is 0 Å². The molecule has 0 aliphatic rings. The fourth-order valence-electron chi connectivity index (χ4n) is 2.91. The highest BCUT2D eigenvalue weighted by atomic mass is 32.2. The highest BCUT2D eigenvalue weighted by Gasteiger charge is 2.16. The number of nitrogens with one attached hydrogen (secondary N) is 4. The van der Waals surface area contributed by atoms with Crippen LogP contribution < -0.4 is 20.5 Å². The molecule has 158 valence electrons. The van der Waals surface area contributed by atoms with Gasteiger partial charge in [-0.05, 0) is 54.6 Å². The quantitative estimate of drug-likeness (QED) is 0.363. The molecule has 2 aromatic heterocycles. The van der Waals surface area contributed by atoms with Gasteiger partial charge in [-0.1, -0.05) is 0 Å². The average Bonchev–Trinajstić information content (AvgIpc) is 3.13. The van der Waals surface area contributed by atoms with Crippen LogP contribution in [0.15, 0.2) is 70.5 Å². The maximum Gasteiger partial charge on any atom is 0.323 e. The molecule has 11 heteroatoms. The van der Waals surface area contributed by atoms with E-state index in [4.69, 9.17) is 4.74 Å². The van der Waals surface area contributed by atoms with Crippen LogP contribution in [0.2, 0.25) is 0 Å². The fourth-order valence-corrected chi connectivity index (χ4v) is 4.00. The number of carbonyl (C=O) groups is 1. The van der Waals surface area contributed by atoms with Crippen LogP contribution in [0.25, 0.3) is 11.0 Å². The zero-order valence-electron chi connectivity index (χ0n) is 16.2. The Bertz CT molecular complexity index is 1420. The van der Waals surface area contributed by atoms with Crippen LogP contribution in [-0.4, -0.2) is 36.4 Å². The number of hydrogen-bond acceptors (Lipinski definition) is 6. The number of H-pyrrole nitrogens is 2. The minimum atomic E-state index is -3.90. The molecule has 2 heterocycles. The summed E-state index contributed by atoms with van der Waals surface area (Å²) in [6.45, 7) is 0. The molecule has 4 rings (SSSR count). The lowest BCUT2D eigenvalue weighted by Crippen LogP contribution is -2.15. The lowest BCUT2D eigenvalue weighted by molar-refractivity contribution is 0.102. The van der Waals surface area contributed by atoms with Crippen molar-refractivity contribution in [2.24, 2.45) is 0 Å². The van der Waals surface area contributed by atoms with E-state index in [0.717, 1.165) is 0 Å². The summed E-state index contributed by atoms with van der Waals surface area (Å²) in [7, 11) is -2.43. The number of aromatic amines is 2. The number of pyridine rings is 1. The number of benzene rings is 2. The summed E-state index contributed by atoms with van der Waals surface area (Å²) in [5, 5.41) is 2.64. The van der Waals surface area contributed by atoms with E-state index in [1.807, 2.05) is 0 Å². The minimum absolute atomic E-state index is 0.0145. The Kier molecular flexibility index (Phi) is 5.17. The second-order valence-corrected chi connectivity index (χ2v) is 8.16. The number of anilines is 2. The molecule has 0 bridgehead atoms. The van der Waals surface area contributed by atoms with Gasteiger partial charge in [-0.25, -0.2) is 18.2 Å². The predicted octanol–water partition coefficient (Wildman–Crippen LogP) is 2.31. The van der Waals surface area contributed by atoms with Gasteiger partial charge in [-0.15, -0.1) is 0 Å². The second-order valence-electron chi connectivity index (χ2n) is 6.48. The average molecular weight is 439 g/mol. The molecule has 0 aliphatic carbocycles. The van der Waals surface area contributed by atoms with Crippen molar-refractivity contribution in [3.05, 3.63) is 76.8 Å². The number of hydrogen-bond donors (Lipinski definition) is 4. The first-order chi connectivity index (χ1) is 14.9. The van der Waals surface area contributed by atoms with Crippen molar-refractivity contribution in [1.82, 2.24) is 15.0 Å². The molecule has 31 heavy (non-hydrogen) atoms. The Hall–Kier alpha value is -4.12. The van der Waals surface area contributed by atoms with Crippen LogP contribution in [0.5, 0.6) is 5.75 Å². The number of sulfonamides is 1. The van der Waals surface area contributed by atoms with E-state index in [9.17, 15) is 18.0 Å². The number of aromatic nitrogens is 3. The van der Waals surface area contributed by atoms with Crippen LogP contribution in [-0.2, 0) is 10.0 Å². The van der Waals surface area contributed by atoms with Crippen molar-refractivity contribution < 1.29 is 17.9 Å². The van der Waals surface area contributed by atoms with Gasteiger partial charge in [0.2, 0.25) is 0 Å². The maximum absolute atomic E-state index is 12.7. The Morgan fingerprint density at radius 1 is 1.03 bits per heavy atom. The molecule has 1 amide bonds. The summed E-state index contributed by atoms with van der Waals surface area (Å²) >= 11 is 0. The van der Waals surface area contributed by atoms with Crippen molar-refractivity contribution in [2.75, 3.05) is 17.1 Å². The number of fused-ring (bicyclic) bond motifs is 1. The molecule has 2 aromatic carbocycles. The van der Waals surface area contributed by atoms with Crippen LogP contribution >= 0.6 is 0 Å². The molecule has 0 atom stereocenters. The van der Waals surface area contributed by atoms with Gasteiger partial charge >= 0.3 is 5.69 Å². The van der Waals surface area contributed by atoms with E-state index in [0.29, 0.717) is 22.3 Å². The molecule has 4 N–H and O–H groups in total. The van der Waals surface area contributed by atoms with Gasteiger partial charge in [-0.3, -0.25) is 9.52 Å². The highest BCUT2D eigenvalue weighted by Crippen LogP contribution is 2.22. The molecule has 0 saturated carbocycles. The molecule has 0 spiro atoms. The molecule has 0 radical (unpaired) electrons. The van der Waals surface area contributed by atoms with E-state index in [-0.39, 0.29) is 16.4 Å². The third kappa shape index (κ3) is 4.26. The number of nitrogens with zero attached hydrogens (tertiary/aromatic N) is 1. The van der Waals surface area contributed by atoms with E-state index in [2.05, 4.69) is 25.0 Å². The van der Waals surface area contributed by atoms with Gasteiger partial charge in [0.05, 0.1) is 23.0 Å². The highest BCUT2D eigenvalue weighted by molar-refractivity contribution is 7.92. The fraction of sp³-hybridized carbons (Fsp3) is 0.0500. The maximum atomic E-state index is 12.7. The zero-order chi connectivity index (χ0) is 22.0. The number of methoxy groups -OCH3 is 1. The Labute approximate surface area is 176 Å². The van der Waals surface area contributed by atoms with Gasteiger partial charge in [0.15, 0.2) is 11.6 Å². The van der Waals surface area contributed by atoms with Crippen molar-refractivity contribution in [3.63, 3.8) is 0 Å². The summed E-state index contributed by atoms with van der Waals surface area (Å²) in [6, 6.07) is 13.5. The Morgan fingerprint density at radius 2 is 1.77 bits per heavy atom. The number of rotatable bonds is 6. The SMILES string of the molecule is COc1cccnc1NC(=O)c1ccc(NS(=O)(=O)c2ccc3[nH]c(=O)[nH]c3c2)cc1. The van der Waals surface area contributed by atoms with E-state index < -0.39 is 21.6 Å². The van der Waals surface area contributed by atoms with E-state index in [1.165, 1.54) is 55.8 Å². The molecule has 0 fully saturated rings. The largest absolute Gasteiger partial charge is 0.493 e. The Morgan fingerprint density at radius 3 is 2.52 bits per heavy atom. The van der Waals surface area contributed by atoms with Crippen LogP contribution in [0, 0.1) is 0 Å².